The quantitative estimate of drug-likeness (QED) is 0.879. The summed E-state index contributed by atoms with van der Waals surface area (Å²) < 4.78 is 5.92. The second-order valence-corrected chi connectivity index (χ2v) is 8.29. The highest BCUT2D eigenvalue weighted by molar-refractivity contribution is 5.43. The van der Waals surface area contributed by atoms with Crippen LogP contribution in [-0.4, -0.2) is 19.7 Å². The number of piperidine rings is 1. The Labute approximate surface area is 135 Å². The molecule has 1 aliphatic carbocycles. The molecule has 1 aromatic carbocycles. The maximum Gasteiger partial charge on any atom is 0.122 e. The average Bonchev–Trinajstić information content (AvgIpc) is 2.45. The van der Waals surface area contributed by atoms with Gasteiger partial charge >= 0.3 is 0 Å². The van der Waals surface area contributed by atoms with E-state index in [2.05, 4.69) is 51.2 Å². The highest BCUT2D eigenvalue weighted by atomic mass is 16.5. The van der Waals surface area contributed by atoms with Crippen LogP contribution in [0.3, 0.4) is 0 Å². The highest BCUT2D eigenvalue weighted by Gasteiger charge is 2.45. The Kier molecular flexibility index (Phi) is 4.24. The van der Waals surface area contributed by atoms with E-state index < -0.39 is 0 Å². The first-order chi connectivity index (χ1) is 10.4. The molecule has 2 aliphatic rings. The lowest BCUT2D eigenvalue weighted by molar-refractivity contribution is 0.0591. The molecule has 1 N–H and O–H groups in total. The van der Waals surface area contributed by atoms with Gasteiger partial charge in [0.2, 0.25) is 0 Å². The van der Waals surface area contributed by atoms with E-state index in [9.17, 15) is 0 Å². The zero-order chi connectivity index (χ0) is 15.8. The summed E-state index contributed by atoms with van der Waals surface area (Å²) in [6.07, 6.45) is 5.41. The van der Waals surface area contributed by atoms with Crippen LogP contribution in [0.2, 0.25) is 0 Å². The summed E-state index contributed by atoms with van der Waals surface area (Å²) in [5, 5.41) is 3.50. The lowest BCUT2D eigenvalue weighted by Crippen LogP contribution is -2.44. The second-order valence-electron chi connectivity index (χ2n) is 8.29. The molecular formula is C20H31NO. The normalized spacial score (nSPS) is 21.6. The molecule has 0 bridgehead atoms. The number of rotatable bonds is 3. The van der Waals surface area contributed by atoms with E-state index in [1.165, 1.54) is 49.9 Å². The van der Waals surface area contributed by atoms with Crippen LogP contribution < -0.4 is 10.1 Å². The molecule has 0 aromatic heterocycles. The summed E-state index contributed by atoms with van der Waals surface area (Å²) >= 11 is 0. The van der Waals surface area contributed by atoms with Crippen LogP contribution in [0.4, 0.5) is 0 Å². The zero-order valence-corrected chi connectivity index (χ0v) is 14.7. The number of ether oxygens (including phenoxy) is 1. The van der Waals surface area contributed by atoms with Gasteiger partial charge in [0, 0.05) is 0 Å². The van der Waals surface area contributed by atoms with Gasteiger partial charge < -0.3 is 10.1 Å². The first-order valence-electron chi connectivity index (χ1n) is 8.91. The second kappa shape index (κ2) is 5.88. The van der Waals surface area contributed by atoms with Crippen molar-refractivity contribution in [2.75, 3.05) is 19.7 Å². The Hall–Kier alpha value is -1.02. The fourth-order valence-electron chi connectivity index (χ4n) is 4.19. The first-order valence-corrected chi connectivity index (χ1v) is 8.91. The summed E-state index contributed by atoms with van der Waals surface area (Å²) in [4.78, 5) is 0. The van der Waals surface area contributed by atoms with Crippen LogP contribution in [0, 0.1) is 5.41 Å². The molecule has 2 fully saturated rings. The molecule has 0 amide bonds. The third-order valence-corrected chi connectivity index (χ3v) is 5.64. The van der Waals surface area contributed by atoms with E-state index in [1.54, 1.807) is 0 Å². The van der Waals surface area contributed by atoms with Gasteiger partial charge in [-0.05, 0) is 79.6 Å². The highest BCUT2D eigenvalue weighted by Crippen LogP contribution is 2.57. The van der Waals surface area contributed by atoms with Gasteiger partial charge in [0.25, 0.3) is 0 Å². The number of hydrogen-bond donors (Lipinski definition) is 1. The minimum Gasteiger partial charge on any atom is -0.494 e. The molecule has 3 rings (SSSR count). The van der Waals surface area contributed by atoms with Crippen molar-refractivity contribution in [2.45, 2.75) is 64.7 Å². The Morgan fingerprint density at radius 1 is 1.18 bits per heavy atom. The van der Waals surface area contributed by atoms with Gasteiger partial charge in [-0.15, -0.1) is 0 Å². The van der Waals surface area contributed by atoms with Crippen LogP contribution in [0.15, 0.2) is 18.2 Å². The molecule has 0 unspecified atom stereocenters. The van der Waals surface area contributed by atoms with Crippen LogP contribution in [0.1, 0.15) is 70.4 Å². The predicted molar refractivity (Wildman–Crippen MR) is 92.8 cm³/mol. The lowest BCUT2D eigenvalue weighted by Gasteiger charge is -2.51. The van der Waals surface area contributed by atoms with Crippen molar-refractivity contribution < 1.29 is 4.74 Å². The van der Waals surface area contributed by atoms with Crippen molar-refractivity contribution in [3.05, 3.63) is 29.3 Å². The van der Waals surface area contributed by atoms with Crippen LogP contribution >= 0.6 is 0 Å². The molecule has 1 saturated heterocycles. The average molecular weight is 301 g/mol. The van der Waals surface area contributed by atoms with Crippen molar-refractivity contribution in [1.29, 1.82) is 0 Å². The van der Waals surface area contributed by atoms with Gasteiger partial charge in [0.05, 0.1) is 6.61 Å². The van der Waals surface area contributed by atoms with Gasteiger partial charge in [-0.25, -0.2) is 0 Å². The topological polar surface area (TPSA) is 21.3 Å². The minimum absolute atomic E-state index is 0.204. The third-order valence-electron chi connectivity index (χ3n) is 5.64. The SMILES string of the molecule is CCOc1ccc(C(C)(C)C)cc1C1CC2(CCNCC2)C1. The van der Waals surface area contributed by atoms with Gasteiger partial charge in [0.1, 0.15) is 5.75 Å². The summed E-state index contributed by atoms with van der Waals surface area (Å²) in [5.41, 5.74) is 3.71. The van der Waals surface area contributed by atoms with E-state index in [0.29, 0.717) is 11.3 Å². The molecule has 22 heavy (non-hydrogen) atoms. The molecule has 1 heterocycles. The molecular weight excluding hydrogens is 270 g/mol. The molecule has 2 nitrogen and oxygen atoms in total. The Bertz CT molecular complexity index is 515. The molecule has 1 aliphatic heterocycles. The van der Waals surface area contributed by atoms with Gasteiger partial charge in [-0.2, -0.15) is 0 Å². The van der Waals surface area contributed by atoms with Crippen molar-refractivity contribution in [1.82, 2.24) is 5.32 Å². The van der Waals surface area contributed by atoms with Crippen molar-refractivity contribution in [2.24, 2.45) is 5.41 Å². The summed E-state index contributed by atoms with van der Waals surface area (Å²) in [5.74, 6) is 1.81. The minimum atomic E-state index is 0.204. The largest absolute Gasteiger partial charge is 0.494 e. The van der Waals surface area contributed by atoms with E-state index in [-0.39, 0.29) is 5.41 Å². The van der Waals surface area contributed by atoms with Crippen LogP contribution in [0.5, 0.6) is 5.75 Å². The van der Waals surface area contributed by atoms with Crippen molar-refractivity contribution in [3.63, 3.8) is 0 Å². The maximum atomic E-state index is 5.92. The standard InChI is InChI=1S/C20H31NO/c1-5-22-18-7-6-16(19(2,3)4)12-17(18)15-13-20(14-15)8-10-21-11-9-20/h6-7,12,15,21H,5,8-11,13-14H2,1-4H3. The van der Waals surface area contributed by atoms with E-state index >= 15 is 0 Å². The molecule has 0 radical (unpaired) electrons. The smallest absolute Gasteiger partial charge is 0.122 e. The van der Waals surface area contributed by atoms with Gasteiger partial charge in [-0.3, -0.25) is 0 Å². The van der Waals surface area contributed by atoms with Crippen LogP contribution in [-0.2, 0) is 5.41 Å². The number of nitrogens with one attached hydrogen (secondary N) is 1. The first kappa shape index (κ1) is 15.9. The fourth-order valence-corrected chi connectivity index (χ4v) is 4.19. The van der Waals surface area contributed by atoms with E-state index in [0.717, 1.165) is 12.4 Å². The molecule has 1 aromatic rings. The predicted octanol–water partition coefficient (Wildman–Crippen LogP) is 4.63. The number of benzene rings is 1. The summed E-state index contributed by atoms with van der Waals surface area (Å²) in [6.45, 7) is 12.1. The monoisotopic (exact) mass is 301 g/mol. The Morgan fingerprint density at radius 3 is 2.45 bits per heavy atom. The Morgan fingerprint density at radius 2 is 1.86 bits per heavy atom. The number of hydrogen-bond acceptors (Lipinski definition) is 2. The summed E-state index contributed by atoms with van der Waals surface area (Å²) in [7, 11) is 0. The molecule has 1 spiro atoms. The summed E-state index contributed by atoms with van der Waals surface area (Å²) in [6, 6.07) is 6.86. The molecule has 1 saturated carbocycles. The fraction of sp³-hybridized carbons (Fsp3) is 0.700. The van der Waals surface area contributed by atoms with E-state index in [1.807, 2.05) is 0 Å². The molecule has 0 atom stereocenters. The van der Waals surface area contributed by atoms with E-state index in [4.69, 9.17) is 4.74 Å². The zero-order valence-electron chi connectivity index (χ0n) is 14.7. The third kappa shape index (κ3) is 3.03. The Balaban J connectivity index is 1.82. The van der Waals surface area contributed by atoms with Crippen molar-refractivity contribution in [3.8, 4) is 5.75 Å². The molecule has 2 heteroatoms. The maximum absolute atomic E-state index is 5.92. The van der Waals surface area contributed by atoms with Crippen LogP contribution in [0.25, 0.3) is 0 Å². The van der Waals surface area contributed by atoms with Gasteiger partial charge in [-0.1, -0.05) is 32.9 Å². The van der Waals surface area contributed by atoms with Gasteiger partial charge in [0.15, 0.2) is 0 Å². The lowest BCUT2D eigenvalue weighted by atomic mass is 9.56. The van der Waals surface area contributed by atoms with Crippen molar-refractivity contribution >= 4 is 0 Å². The molecule has 122 valence electrons.